The second-order valence-corrected chi connectivity index (χ2v) is 5.92. The number of allylic oxidation sites excluding steroid dienone is 1. The van der Waals surface area contributed by atoms with Gasteiger partial charge in [0.1, 0.15) is 5.70 Å². The highest BCUT2D eigenvalue weighted by Crippen LogP contribution is 2.19. The average Bonchev–Trinajstić information content (AvgIpc) is 2.55. The first-order valence-electron chi connectivity index (χ1n) is 8.43. The van der Waals surface area contributed by atoms with Crippen molar-refractivity contribution in [1.29, 1.82) is 0 Å². The molecule has 1 rings (SSSR count). The number of likely N-dealkylation sites (N-methyl/N-ethyl adjacent to an activating group) is 1. The highest BCUT2D eigenvalue weighted by atomic mass is 16.4. The number of piperazine rings is 1. The highest BCUT2D eigenvalue weighted by molar-refractivity contribution is 5.88. The van der Waals surface area contributed by atoms with E-state index in [1.165, 1.54) is 0 Å². The van der Waals surface area contributed by atoms with Crippen LogP contribution < -0.4 is 0 Å². The van der Waals surface area contributed by atoms with Crippen molar-refractivity contribution in [2.24, 2.45) is 0 Å². The summed E-state index contributed by atoms with van der Waals surface area (Å²) in [7, 11) is 1.99. The first kappa shape index (κ1) is 20.0. The number of carbonyl (C=O) groups is 2. The smallest absolute Gasteiger partial charge is 0.352 e. The lowest BCUT2D eigenvalue weighted by Crippen LogP contribution is -2.47. The van der Waals surface area contributed by atoms with Gasteiger partial charge in [0, 0.05) is 31.4 Å². The molecule has 1 aliphatic rings. The van der Waals surface area contributed by atoms with Gasteiger partial charge in [0.25, 0.3) is 0 Å². The van der Waals surface area contributed by atoms with Gasteiger partial charge in [-0.2, -0.15) is 0 Å². The van der Waals surface area contributed by atoms with Crippen molar-refractivity contribution >= 4 is 11.9 Å². The molecule has 1 fully saturated rings. The van der Waals surface area contributed by atoms with Crippen LogP contribution in [0, 0.1) is 0 Å². The summed E-state index contributed by atoms with van der Waals surface area (Å²) in [5.74, 6) is -1.01. The van der Waals surface area contributed by atoms with Crippen molar-refractivity contribution in [1.82, 2.24) is 14.7 Å². The van der Waals surface area contributed by atoms with E-state index in [0.717, 1.165) is 19.5 Å². The zero-order valence-corrected chi connectivity index (χ0v) is 15.0. The number of carbonyl (C=O) groups excluding carboxylic acids is 1. The van der Waals surface area contributed by atoms with Gasteiger partial charge in [-0.3, -0.25) is 4.79 Å². The third-order valence-corrected chi connectivity index (χ3v) is 4.01. The minimum absolute atomic E-state index is 0.0604. The summed E-state index contributed by atoms with van der Waals surface area (Å²) in [4.78, 5) is 29.2. The molecule has 1 amide bonds. The molecule has 0 aromatic heterocycles. The van der Waals surface area contributed by atoms with E-state index >= 15 is 0 Å². The Kier molecular flexibility index (Phi) is 8.26. The second-order valence-electron chi connectivity index (χ2n) is 5.92. The minimum Gasteiger partial charge on any atom is -0.477 e. The summed E-state index contributed by atoms with van der Waals surface area (Å²) in [6.45, 7) is 11.0. The van der Waals surface area contributed by atoms with Gasteiger partial charge in [0.15, 0.2) is 0 Å². The maximum Gasteiger partial charge on any atom is 0.352 e. The summed E-state index contributed by atoms with van der Waals surface area (Å²) in [5.41, 5.74) is 0.896. The van der Waals surface area contributed by atoms with Crippen LogP contribution in [0.25, 0.3) is 0 Å². The highest BCUT2D eigenvalue weighted by Gasteiger charge is 2.26. The maximum absolute atomic E-state index is 12.2. The normalized spacial score (nSPS) is 16.3. The topological polar surface area (TPSA) is 64.1 Å². The monoisotopic (exact) mass is 335 g/mol. The van der Waals surface area contributed by atoms with Gasteiger partial charge in [-0.1, -0.05) is 39.0 Å². The first-order chi connectivity index (χ1) is 11.4. The predicted molar refractivity (Wildman–Crippen MR) is 95.4 cm³/mol. The molecular formula is C18H29N3O3. The van der Waals surface area contributed by atoms with Crippen LogP contribution >= 0.6 is 0 Å². The molecule has 134 valence electrons. The third-order valence-electron chi connectivity index (χ3n) is 4.01. The lowest BCUT2D eigenvalue weighted by Gasteiger charge is -2.37. The van der Waals surface area contributed by atoms with Crippen LogP contribution in [0.2, 0.25) is 0 Å². The molecule has 6 nitrogen and oxygen atoms in total. The molecular weight excluding hydrogens is 306 g/mol. The molecule has 24 heavy (non-hydrogen) atoms. The zero-order valence-electron chi connectivity index (χ0n) is 15.0. The Labute approximate surface area is 144 Å². The van der Waals surface area contributed by atoms with Crippen LogP contribution in [0.1, 0.15) is 26.7 Å². The zero-order chi connectivity index (χ0) is 18.1. The van der Waals surface area contributed by atoms with Gasteiger partial charge in [-0.15, -0.1) is 0 Å². The molecule has 0 aromatic carbocycles. The molecule has 0 aromatic rings. The molecule has 0 saturated carbocycles. The third kappa shape index (κ3) is 5.85. The number of nitrogens with zero attached hydrogens (tertiary/aromatic N) is 3. The van der Waals surface area contributed by atoms with Crippen molar-refractivity contribution in [3.8, 4) is 0 Å². The number of aliphatic carboxylic acids is 1. The minimum atomic E-state index is -0.952. The lowest BCUT2D eigenvalue weighted by atomic mass is 10.2. The summed E-state index contributed by atoms with van der Waals surface area (Å²) in [6.07, 6.45) is 6.76. The van der Waals surface area contributed by atoms with E-state index in [-0.39, 0.29) is 11.6 Å². The van der Waals surface area contributed by atoms with Gasteiger partial charge in [-0.25, -0.2) is 4.79 Å². The Morgan fingerprint density at radius 1 is 1.33 bits per heavy atom. The largest absolute Gasteiger partial charge is 0.477 e. The van der Waals surface area contributed by atoms with E-state index in [4.69, 9.17) is 0 Å². The Hall–Kier alpha value is -2.08. The summed E-state index contributed by atoms with van der Waals surface area (Å²) in [5, 5.41) is 9.39. The van der Waals surface area contributed by atoms with Gasteiger partial charge < -0.3 is 19.8 Å². The van der Waals surface area contributed by atoms with Gasteiger partial charge in [0.2, 0.25) is 5.91 Å². The van der Waals surface area contributed by atoms with E-state index in [0.29, 0.717) is 31.8 Å². The van der Waals surface area contributed by atoms with E-state index < -0.39 is 5.97 Å². The van der Waals surface area contributed by atoms with Crippen LogP contribution in [-0.4, -0.2) is 71.5 Å². The molecule has 1 N–H and O–H groups in total. The average molecular weight is 335 g/mol. The van der Waals surface area contributed by atoms with Crippen LogP contribution in [0.4, 0.5) is 0 Å². The van der Waals surface area contributed by atoms with Crippen LogP contribution in [0.5, 0.6) is 0 Å². The molecule has 0 aliphatic carbocycles. The molecule has 0 spiro atoms. The lowest BCUT2D eigenvalue weighted by molar-refractivity contribution is -0.134. The second kappa shape index (κ2) is 9.93. The van der Waals surface area contributed by atoms with Crippen molar-refractivity contribution in [3.63, 3.8) is 0 Å². The Morgan fingerprint density at radius 3 is 2.58 bits per heavy atom. The standard InChI is InChI=1S/C18H29N3O3/c1-5-7-9-16(18(23)24)21-13-12-20(14-15(21)3)17(22)10-8-11-19(4)6-2/h8-10H,3,5-7,11-14H2,1-2,4H3,(H,23,24)/b10-8+,16-9-. The van der Waals surface area contributed by atoms with Crippen molar-refractivity contribution < 1.29 is 14.7 Å². The molecule has 0 bridgehead atoms. The fourth-order valence-electron chi connectivity index (χ4n) is 2.40. The molecule has 1 heterocycles. The van der Waals surface area contributed by atoms with E-state index in [2.05, 4.69) is 18.4 Å². The number of rotatable bonds is 8. The van der Waals surface area contributed by atoms with Gasteiger partial charge in [0.05, 0.1) is 6.54 Å². The molecule has 0 radical (unpaired) electrons. The SMILES string of the molecule is C=C1CN(C(=O)/C=C/CN(C)CC)CCN1/C(=C\CCC)C(=O)O. The first-order valence-corrected chi connectivity index (χ1v) is 8.43. The van der Waals surface area contributed by atoms with Crippen molar-refractivity contribution in [3.05, 3.63) is 36.2 Å². The number of hydrogen-bond acceptors (Lipinski definition) is 4. The van der Waals surface area contributed by atoms with Crippen molar-refractivity contribution in [2.45, 2.75) is 26.7 Å². The van der Waals surface area contributed by atoms with Crippen LogP contribution in [0.15, 0.2) is 36.2 Å². The molecule has 1 aliphatic heterocycles. The fourth-order valence-corrected chi connectivity index (χ4v) is 2.40. The summed E-state index contributed by atoms with van der Waals surface area (Å²) in [6, 6.07) is 0. The molecule has 1 saturated heterocycles. The summed E-state index contributed by atoms with van der Waals surface area (Å²) < 4.78 is 0. The van der Waals surface area contributed by atoms with E-state index in [1.807, 2.05) is 20.0 Å². The van der Waals surface area contributed by atoms with E-state index in [9.17, 15) is 14.7 Å². The van der Waals surface area contributed by atoms with Crippen molar-refractivity contribution in [2.75, 3.05) is 39.8 Å². The van der Waals surface area contributed by atoms with Gasteiger partial charge >= 0.3 is 5.97 Å². The number of unbranched alkanes of at least 4 members (excludes halogenated alkanes) is 1. The van der Waals surface area contributed by atoms with Crippen LogP contribution in [-0.2, 0) is 9.59 Å². The summed E-state index contributed by atoms with van der Waals surface area (Å²) >= 11 is 0. The fraction of sp³-hybridized carbons (Fsp3) is 0.556. The van der Waals surface area contributed by atoms with E-state index in [1.54, 1.807) is 22.0 Å². The Bertz CT molecular complexity index is 526. The number of amides is 1. The number of hydrogen-bond donors (Lipinski definition) is 1. The number of carboxylic acids is 1. The number of carboxylic acid groups (broad SMARTS) is 1. The van der Waals surface area contributed by atoms with Crippen LogP contribution in [0.3, 0.4) is 0 Å². The molecule has 6 heteroatoms. The van der Waals surface area contributed by atoms with Gasteiger partial charge in [-0.05, 0) is 20.0 Å². The Morgan fingerprint density at radius 2 is 2.04 bits per heavy atom. The molecule has 0 atom stereocenters. The predicted octanol–water partition coefficient (Wildman–Crippen LogP) is 1.92. The quantitative estimate of drug-likeness (QED) is 0.687. The maximum atomic E-state index is 12.2. The Balaban J connectivity index is 2.66. The molecule has 0 unspecified atom stereocenters.